The number of epoxide rings is 1. The second kappa shape index (κ2) is 8.24. The van der Waals surface area contributed by atoms with Crippen LogP contribution in [0.4, 0.5) is 11.4 Å². The molecule has 3 heterocycles. The number of nitrogens with zero attached hydrogens (tertiary/aromatic N) is 3. The Balaban J connectivity index is 1.54. The number of fused-ring (bicyclic) bond motifs is 4. The Morgan fingerprint density at radius 1 is 1.03 bits per heavy atom. The highest BCUT2D eigenvalue weighted by Gasteiger charge is 2.72. The SMILES string of the molecule is CCCS(=O)(=O)N1c2ccccc2[C@@]2([C@@]34CCC[C@H]([C@H]5OC5(C)C)c5cccc(c53)N(C)[C@@H]4C#N)CCC[C@@H]12. The number of sulfonamides is 1. The Morgan fingerprint density at radius 3 is 2.44 bits per heavy atom. The molecule has 7 heteroatoms. The van der Waals surface area contributed by atoms with Gasteiger partial charge in [0.15, 0.2) is 0 Å². The van der Waals surface area contributed by atoms with Gasteiger partial charge in [-0.3, -0.25) is 4.31 Å². The van der Waals surface area contributed by atoms with Gasteiger partial charge >= 0.3 is 0 Å². The van der Waals surface area contributed by atoms with Crippen LogP contribution in [0.1, 0.15) is 88.3 Å². The van der Waals surface area contributed by atoms with E-state index in [-0.39, 0.29) is 35.5 Å². The van der Waals surface area contributed by atoms with E-state index in [1.807, 2.05) is 19.1 Å². The van der Waals surface area contributed by atoms with Crippen LogP contribution in [-0.2, 0) is 25.6 Å². The van der Waals surface area contributed by atoms with Crippen molar-refractivity contribution < 1.29 is 13.2 Å². The molecule has 0 unspecified atom stereocenters. The van der Waals surface area contributed by atoms with Crippen molar-refractivity contribution in [1.82, 2.24) is 0 Å². The lowest BCUT2D eigenvalue weighted by Gasteiger charge is -2.51. The minimum atomic E-state index is -3.51. The number of anilines is 2. The van der Waals surface area contributed by atoms with Crippen molar-refractivity contribution >= 4 is 21.4 Å². The number of benzene rings is 2. The van der Waals surface area contributed by atoms with E-state index in [1.54, 1.807) is 4.31 Å². The maximum atomic E-state index is 14.0. The summed E-state index contributed by atoms with van der Waals surface area (Å²) in [5, 5.41) is 10.9. The first-order chi connectivity index (χ1) is 18.7. The molecule has 6 atom stereocenters. The van der Waals surface area contributed by atoms with Crippen molar-refractivity contribution in [3.05, 3.63) is 59.2 Å². The number of nitriles is 1. The second-order valence-electron chi connectivity index (χ2n) is 13.0. The number of ether oxygens (including phenoxy) is 1. The molecular formula is C32H39N3O3S. The second-order valence-corrected chi connectivity index (χ2v) is 15.0. The molecule has 0 bridgehead atoms. The molecule has 0 radical (unpaired) electrons. The summed E-state index contributed by atoms with van der Waals surface area (Å²) in [7, 11) is -1.44. The third-order valence-corrected chi connectivity index (χ3v) is 12.8. The third-order valence-electron chi connectivity index (χ3n) is 10.9. The van der Waals surface area contributed by atoms with Gasteiger partial charge in [-0.1, -0.05) is 50.1 Å². The Kier molecular flexibility index (Phi) is 5.37. The largest absolute Gasteiger partial charge is 0.366 e. The molecule has 0 amide bonds. The summed E-state index contributed by atoms with van der Waals surface area (Å²) >= 11 is 0. The molecule has 206 valence electrons. The van der Waals surface area contributed by atoms with Crippen molar-refractivity contribution in [2.75, 3.05) is 22.0 Å². The van der Waals surface area contributed by atoms with E-state index in [9.17, 15) is 13.7 Å². The maximum absolute atomic E-state index is 14.0. The maximum Gasteiger partial charge on any atom is 0.235 e. The fraction of sp³-hybridized carbons (Fsp3) is 0.594. The molecule has 7 rings (SSSR count). The van der Waals surface area contributed by atoms with Gasteiger partial charge in [-0.25, -0.2) is 8.42 Å². The lowest BCUT2D eigenvalue weighted by Crippen LogP contribution is -2.61. The fourth-order valence-corrected chi connectivity index (χ4v) is 11.5. The van der Waals surface area contributed by atoms with Gasteiger partial charge < -0.3 is 9.64 Å². The highest BCUT2D eigenvalue weighted by Crippen LogP contribution is 2.70. The molecule has 2 aromatic carbocycles. The van der Waals surface area contributed by atoms with Gasteiger partial charge in [-0.2, -0.15) is 5.26 Å². The fourth-order valence-electron chi connectivity index (χ4n) is 9.62. The molecule has 2 aliphatic carbocycles. The third kappa shape index (κ3) is 3.03. The Hall–Kier alpha value is -2.56. The van der Waals surface area contributed by atoms with Crippen molar-refractivity contribution in [1.29, 1.82) is 5.26 Å². The van der Waals surface area contributed by atoms with Gasteiger partial charge in [-0.15, -0.1) is 0 Å². The van der Waals surface area contributed by atoms with Crippen LogP contribution in [0.3, 0.4) is 0 Å². The monoisotopic (exact) mass is 545 g/mol. The molecular weight excluding hydrogens is 506 g/mol. The van der Waals surface area contributed by atoms with E-state index in [1.165, 1.54) is 11.1 Å². The van der Waals surface area contributed by atoms with Crippen LogP contribution in [0.2, 0.25) is 0 Å². The van der Waals surface area contributed by atoms with E-state index in [2.05, 4.69) is 62.2 Å². The zero-order chi connectivity index (χ0) is 27.4. The number of para-hydroxylation sites is 1. The van der Waals surface area contributed by atoms with E-state index in [4.69, 9.17) is 4.74 Å². The van der Waals surface area contributed by atoms with Gasteiger partial charge in [-0.05, 0) is 74.8 Å². The first-order valence-corrected chi connectivity index (χ1v) is 16.3. The smallest absolute Gasteiger partial charge is 0.235 e. The highest BCUT2D eigenvalue weighted by atomic mass is 32.2. The van der Waals surface area contributed by atoms with Crippen molar-refractivity contribution in [2.45, 2.75) is 106 Å². The zero-order valence-corrected chi connectivity index (χ0v) is 24.3. The Labute approximate surface area is 233 Å². The average molecular weight is 546 g/mol. The number of hydrogen-bond donors (Lipinski definition) is 0. The molecule has 6 nitrogen and oxygen atoms in total. The summed E-state index contributed by atoms with van der Waals surface area (Å²) in [6.07, 6.45) is 6.30. The van der Waals surface area contributed by atoms with E-state index >= 15 is 0 Å². The number of rotatable bonds is 5. The lowest BCUT2D eigenvalue weighted by molar-refractivity contribution is 0.181. The standard InChI is InChI=1S/C32H39N3O3S/c1-5-19-39(36,37)35-24-14-7-6-13-23(24)31(17-10-16-26(31)35)32-18-9-12-22(29-30(2,3)38-29)21-11-8-15-25(28(21)32)34(4)27(32)20-33/h6-8,11,13-15,22,26-27,29H,5,9-10,12,16-19H2,1-4H3/t22-,26+,27+,29+,31-,32+/m0/s1. The average Bonchev–Trinajstić information content (AvgIpc) is 3.16. The van der Waals surface area contributed by atoms with Crippen LogP contribution in [0.15, 0.2) is 42.5 Å². The van der Waals surface area contributed by atoms with Gasteiger partial charge in [0, 0.05) is 29.5 Å². The zero-order valence-electron chi connectivity index (χ0n) is 23.5. The first-order valence-electron chi connectivity index (χ1n) is 14.7. The summed E-state index contributed by atoms with van der Waals surface area (Å²) in [6.45, 7) is 6.30. The van der Waals surface area contributed by atoms with Crippen molar-refractivity contribution in [2.24, 2.45) is 0 Å². The molecule has 0 N–H and O–H groups in total. The number of likely N-dealkylation sites (N-methyl/N-ethyl adjacent to an activating group) is 1. The molecule has 0 aromatic heterocycles. The highest BCUT2D eigenvalue weighted by molar-refractivity contribution is 7.92. The van der Waals surface area contributed by atoms with Crippen molar-refractivity contribution in [3.8, 4) is 6.07 Å². The van der Waals surface area contributed by atoms with Crippen LogP contribution >= 0.6 is 0 Å². The molecule has 1 saturated heterocycles. The molecule has 39 heavy (non-hydrogen) atoms. The minimum absolute atomic E-state index is 0.139. The van der Waals surface area contributed by atoms with Crippen molar-refractivity contribution in [3.63, 3.8) is 0 Å². The summed E-state index contributed by atoms with van der Waals surface area (Å²) < 4.78 is 36.0. The predicted molar refractivity (Wildman–Crippen MR) is 154 cm³/mol. The first kappa shape index (κ1) is 25.4. The van der Waals surface area contributed by atoms with E-state index in [0.717, 1.165) is 55.5 Å². The number of hydrogen-bond acceptors (Lipinski definition) is 5. The van der Waals surface area contributed by atoms with Crippen LogP contribution in [-0.4, -0.2) is 45.0 Å². The predicted octanol–water partition coefficient (Wildman–Crippen LogP) is 5.76. The lowest BCUT2D eigenvalue weighted by atomic mass is 9.51. The summed E-state index contributed by atoms with van der Waals surface area (Å²) in [5.74, 6) is 0.413. The summed E-state index contributed by atoms with van der Waals surface area (Å²) in [5.41, 5.74) is 4.60. The molecule has 3 aliphatic heterocycles. The normalized spacial score (nSPS) is 35.7. The summed E-state index contributed by atoms with van der Waals surface area (Å²) in [6, 6.07) is 17.1. The van der Waals surface area contributed by atoms with Gasteiger partial charge in [0.2, 0.25) is 10.0 Å². The van der Waals surface area contributed by atoms with E-state index < -0.39 is 20.9 Å². The van der Waals surface area contributed by atoms with Gasteiger partial charge in [0.05, 0.1) is 35.3 Å². The summed E-state index contributed by atoms with van der Waals surface area (Å²) in [4.78, 5) is 2.20. The molecule has 5 aliphatic rings. The Bertz CT molecular complexity index is 1500. The molecule has 2 fully saturated rings. The van der Waals surface area contributed by atoms with Crippen LogP contribution in [0.5, 0.6) is 0 Å². The van der Waals surface area contributed by atoms with Gasteiger partial charge in [0.25, 0.3) is 0 Å². The minimum Gasteiger partial charge on any atom is -0.366 e. The van der Waals surface area contributed by atoms with Crippen LogP contribution in [0, 0.1) is 11.3 Å². The van der Waals surface area contributed by atoms with E-state index in [0.29, 0.717) is 6.42 Å². The van der Waals surface area contributed by atoms with Gasteiger partial charge in [0.1, 0.15) is 6.04 Å². The molecule has 1 saturated carbocycles. The molecule has 0 spiro atoms. The van der Waals surface area contributed by atoms with Crippen LogP contribution in [0.25, 0.3) is 0 Å². The molecule has 2 aromatic rings. The topological polar surface area (TPSA) is 76.9 Å². The van der Waals surface area contributed by atoms with Crippen LogP contribution < -0.4 is 9.21 Å². The Morgan fingerprint density at radius 2 is 1.72 bits per heavy atom. The quantitative estimate of drug-likeness (QED) is 0.447.